The Morgan fingerprint density at radius 1 is 1.25 bits per heavy atom. The lowest BCUT2D eigenvalue weighted by molar-refractivity contribution is 0.174. The molecule has 1 aliphatic rings. The molecule has 0 unspecified atom stereocenters. The number of methoxy groups -OCH3 is 1. The fourth-order valence-corrected chi connectivity index (χ4v) is 1.77. The molecule has 0 radical (unpaired) electrons. The van der Waals surface area contributed by atoms with Crippen LogP contribution in [0.4, 0.5) is 11.9 Å². The second-order valence-electron chi connectivity index (χ2n) is 4.05. The third-order valence-corrected chi connectivity index (χ3v) is 2.70. The summed E-state index contributed by atoms with van der Waals surface area (Å²) in [5.41, 5.74) is 6.57. The Labute approximate surface area is 114 Å². The summed E-state index contributed by atoms with van der Waals surface area (Å²) < 4.78 is 15.5. The molecule has 2 aromatic rings. The van der Waals surface area contributed by atoms with Crippen LogP contribution < -0.4 is 25.3 Å². The Kier molecular flexibility index (Phi) is 3.12. The van der Waals surface area contributed by atoms with Crippen molar-refractivity contribution < 1.29 is 14.2 Å². The van der Waals surface area contributed by atoms with Crippen LogP contribution in [-0.2, 0) is 6.54 Å². The molecule has 0 bridgehead atoms. The summed E-state index contributed by atoms with van der Waals surface area (Å²) in [6, 6.07) is 5.87. The van der Waals surface area contributed by atoms with Crippen LogP contribution in [0.15, 0.2) is 18.2 Å². The molecule has 0 fully saturated rings. The molecule has 0 amide bonds. The highest BCUT2D eigenvalue weighted by molar-refractivity contribution is 5.45. The van der Waals surface area contributed by atoms with Crippen molar-refractivity contribution in [3.05, 3.63) is 23.8 Å². The van der Waals surface area contributed by atoms with Crippen molar-refractivity contribution >= 4 is 11.9 Å². The van der Waals surface area contributed by atoms with E-state index in [1.165, 1.54) is 7.11 Å². The number of fused-ring (bicyclic) bond motifs is 1. The zero-order valence-corrected chi connectivity index (χ0v) is 10.8. The smallest absolute Gasteiger partial charge is 0.322 e. The van der Waals surface area contributed by atoms with E-state index >= 15 is 0 Å². The molecule has 3 rings (SSSR count). The molecule has 8 nitrogen and oxygen atoms in total. The lowest BCUT2D eigenvalue weighted by Gasteiger charge is -2.07. The van der Waals surface area contributed by atoms with Gasteiger partial charge < -0.3 is 25.3 Å². The van der Waals surface area contributed by atoms with Gasteiger partial charge in [0, 0.05) is 6.54 Å². The molecule has 1 aliphatic heterocycles. The monoisotopic (exact) mass is 275 g/mol. The van der Waals surface area contributed by atoms with Crippen LogP contribution in [0.3, 0.4) is 0 Å². The maximum atomic E-state index is 5.56. The van der Waals surface area contributed by atoms with E-state index in [9.17, 15) is 0 Å². The van der Waals surface area contributed by atoms with E-state index in [-0.39, 0.29) is 18.8 Å². The molecule has 104 valence electrons. The van der Waals surface area contributed by atoms with Crippen LogP contribution in [0.2, 0.25) is 0 Å². The van der Waals surface area contributed by atoms with Crippen LogP contribution in [0.1, 0.15) is 5.56 Å². The Morgan fingerprint density at radius 3 is 2.95 bits per heavy atom. The normalized spacial score (nSPS) is 12.2. The van der Waals surface area contributed by atoms with E-state index in [1.54, 1.807) is 0 Å². The summed E-state index contributed by atoms with van der Waals surface area (Å²) in [6.07, 6.45) is 0. The predicted molar refractivity (Wildman–Crippen MR) is 70.7 cm³/mol. The number of rotatable bonds is 4. The van der Waals surface area contributed by atoms with Gasteiger partial charge in [-0.25, -0.2) is 0 Å². The first-order valence-electron chi connectivity index (χ1n) is 5.92. The molecule has 0 saturated carbocycles. The second-order valence-corrected chi connectivity index (χ2v) is 4.05. The minimum absolute atomic E-state index is 0.102. The van der Waals surface area contributed by atoms with Gasteiger partial charge in [-0.15, -0.1) is 0 Å². The molecule has 0 spiro atoms. The van der Waals surface area contributed by atoms with Gasteiger partial charge in [0.25, 0.3) is 0 Å². The average Bonchev–Trinajstić information content (AvgIpc) is 2.92. The summed E-state index contributed by atoms with van der Waals surface area (Å²) in [7, 11) is 1.47. The standard InChI is InChI=1S/C12H13N5O3/c1-18-12-16-10(13)15-11(17-12)14-5-7-2-3-8-9(4-7)20-6-19-8/h2-4H,5-6H2,1H3,(H3,13,14,15,16,17). The largest absolute Gasteiger partial charge is 0.467 e. The molecule has 0 saturated heterocycles. The van der Waals surface area contributed by atoms with E-state index in [1.807, 2.05) is 18.2 Å². The molecule has 1 aromatic heterocycles. The molecule has 20 heavy (non-hydrogen) atoms. The summed E-state index contributed by atoms with van der Waals surface area (Å²) in [5.74, 6) is 1.94. The van der Waals surface area contributed by atoms with Gasteiger partial charge in [-0.1, -0.05) is 6.07 Å². The minimum Gasteiger partial charge on any atom is -0.467 e. The fourth-order valence-electron chi connectivity index (χ4n) is 1.77. The first-order valence-corrected chi connectivity index (χ1v) is 5.92. The van der Waals surface area contributed by atoms with Gasteiger partial charge in [0.15, 0.2) is 11.5 Å². The molecule has 1 aromatic carbocycles. The number of anilines is 2. The molecule has 2 heterocycles. The van der Waals surface area contributed by atoms with Gasteiger partial charge in [0.2, 0.25) is 18.7 Å². The van der Waals surface area contributed by atoms with Gasteiger partial charge in [-0.05, 0) is 17.7 Å². The molecule has 3 N–H and O–H groups in total. The van der Waals surface area contributed by atoms with Crippen LogP contribution in [-0.4, -0.2) is 28.9 Å². The zero-order chi connectivity index (χ0) is 13.9. The van der Waals surface area contributed by atoms with Crippen LogP contribution in [0, 0.1) is 0 Å². The van der Waals surface area contributed by atoms with E-state index in [4.69, 9.17) is 19.9 Å². The second kappa shape index (κ2) is 5.08. The van der Waals surface area contributed by atoms with Gasteiger partial charge in [-0.3, -0.25) is 0 Å². The minimum atomic E-state index is 0.102. The highest BCUT2D eigenvalue weighted by Crippen LogP contribution is 2.32. The first kappa shape index (κ1) is 12.3. The van der Waals surface area contributed by atoms with E-state index in [2.05, 4.69) is 20.3 Å². The Balaban J connectivity index is 1.71. The maximum absolute atomic E-state index is 5.56. The van der Waals surface area contributed by atoms with Gasteiger partial charge in [-0.2, -0.15) is 15.0 Å². The average molecular weight is 275 g/mol. The fraction of sp³-hybridized carbons (Fsp3) is 0.250. The summed E-state index contributed by atoms with van der Waals surface area (Å²) in [6.45, 7) is 0.774. The lowest BCUT2D eigenvalue weighted by Crippen LogP contribution is -2.08. The number of nitrogen functional groups attached to an aromatic ring is 1. The van der Waals surface area contributed by atoms with Crippen LogP contribution >= 0.6 is 0 Å². The molecular formula is C12H13N5O3. The Hall–Kier alpha value is -2.77. The quantitative estimate of drug-likeness (QED) is 0.844. The van der Waals surface area contributed by atoms with E-state index < -0.39 is 0 Å². The number of nitrogens with zero attached hydrogens (tertiary/aromatic N) is 3. The number of hydrogen-bond acceptors (Lipinski definition) is 8. The first-order chi connectivity index (χ1) is 9.74. The number of hydrogen-bond donors (Lipinski definition) is 2. The highest BCUT2D eigenvalue weighted by atomic mass is 16.7. The number of benzene rings is 1. The van der Waals surface area contributed by atoms with E-state index in [0.717, 1.165) is 17.1 Å². The zero-order valence-electron chi connectivity index (χ0n) is 10.8. The van der Waals surface area contributed by atoms with Crippen molar-refractivity contribution in [3.63, 3.8) is 0 Å². The summed E-state index contributed by atoms with van der Waals surface area (Å²) >= 11 is 0. The predicted octanol–water partition coefficient (Wildman–Crippen LogP) is 0.803. The van der Waals surface area contributed by atoms with Crippen molar-refractivity contribution in [2.75, 3.05) is 25.0 Å². The molecule has 8 heteroatoms. The Morgan fingerprint density at radius 2 is 2.10 bits per heavy atom. The van der Waals surface area contributed by atoms with Crippen molar-refractivity contribution in [2.45, 2.75) is 6.54 Å². The number of ether oxygens (including phenoxy) is 3. The Bertz CT molecular complexity index is 634. The highest BCUT2D eigenvalue weighted by Gasteiger charge is 2.13. The number of nitrogens with two attached hydrogens (primary N) is 1. The van der Waals surface area contributed by atoms with Crippen molar-refractivity contribution in [1.29, 1.82) is 0 Å². The van der Waals surface area contributed by atoms with E-state index in [0.29, 0.717) is 12.5 Å². The van der Waals surface area contributed by atoms with Gasteiger partial charge >= 0.3 is 6.01 Å². The summed E-state index contributed by atoms with van der Waals surface area (Å²) in [4.78, 5) is 11.8. The summed E-state index contributed by atoms with van der Waals surface area (Å²) in [5, 5.41) is 3.05. The van der Waals surface area contributed by atoms with Crippen molar-refractivity contribution in [1.82, 2.24) is 15.0 Å². The molecular weight excluding hydrogens is 262 g/mol. The SMILES string of the molecule is COc1nc(N)nc(NCc2ccc3c(c2)OCO3)n1. The van der Waals surface area contributed by atoms with Crippen molar-refractivity contribution in [2.24, 2.45) is 0 Å². The topological polar surface area (TPSA) is 104 Å². The third-order valence-electron chi connectivity index (χ3n) is 2.70. The number of nitrogens with one attached hydrogen (secondary N) is 1. The van der Waals surface area contributed by atoms with Gasteiger partial charge in [0.1, 0.15) is 0 Å². The number of aromatic nitrogens is 3. The molecule has 0 atom stereocenters. The van der Waals surface area contributed by atoms with Gasteiger partial charge in [0.05, 0.1) is 7.11 Å². The van der Waals surface area contributed by atoms with Crippen molar-refractivity contribution in [3.8, 4) is 17.5 Å². The lowest BCUT2D eigenvalue weighted by atomic mass is 10.2. The maximum Gasteiger partial charge on any atom is 0.322 e. The third kappa shape index (κ3) is 2.48. The molecule has 0 aliphatic carbocycles. The van der Waals surface area contributed by atoms with Crippen LogP contribution in [0.25, 0.3) is 0 Å². The van der Waals surface area contributed by atoms with Crippen LogP contribution in [0.5, 0.6) is 17.5 Å².